The molecule has 0 aliphatic rings. The van der Waals surface area contributed by atoms with E-state index in [9.17, 15) is 0 Å². The number of nitrogens with zero attached hydrogens (tertiary/aromatic N) is 1. The maximum Gasteiger partial charge on any atom is 0.0791 e. The van der Waals surface area contributed by atoms with Crippen molar-refractivity contribution in [3.8, 4) is 12.3 Å². The molecular weight excluding hydrogens is 158 g/mol. The smallest absolute Gasteiger partial charge is 0.0791 e. The minimum absolute atomic E-state index is 0.681. The quantitative estimate of drug-likeness (QED) is 0.635. The molecule has 0 aliphatic heterocycles. The molecule has 1 aromatic rings. The molecule has 0 unspecified atom stereocenters. The number of hydrogen-bond donors (Lipinski definition) is 0. The Balaban J connectivity index is 2.86. The average molecular weight is 173 g/mol. The molecule has 0 saturated heterocycles. The maximum absolute atomic E-state index is 5.29. The molecule has 68 valence electrons. The average Bonchev–Trinajstić information content (AvgIpc) is 2.14. The van der Waals surface area contributed by atoms with Crippen LogP contribution in [0, 0.1) is 19.3 Å². The van der Waals surface area contributed by atoms with E-state index in [2.05, 4.69) is 48.9 Å². The van der Waals surface area contributed by atoms with Gasteiger partial charge in [0.05, 0.1) is 6.54 Å². The first-order valence-corrected chi connectivity index (χ1v) is 4.53. The summed E-state index contributed by atoms with van der Waals surface area (Å²) in [4.78, 5) is 2.17. The summed E-state index contributed by atoms with van der Waals surface area (Å²) in [6, 6.07) is 8.39. The zero-order valence-electron chi connectivity index (χ0n) is 8.25. The van der Waals surface area contributed by atoms with Crippen LogP contribution in [0.15, 0.2) is 24.3 Å². The third kappa shape index (κ3) is 2.52. The van der Waals surface area contributed by atoms with Crippen molar-refractivity contribution in [2.75, 3.05) is 18.0 Å². The number of benzene rings is 1. The summed E-state index contributed by atoms with van der Waals surface area (Å²) in [5.41, 5.74) is 2.48. The van der Waals surface area contributed by atoms with E-state index in [0.717, 1.165) is 6.54 Å². The van der Waals surface area contributed by atoms with Gasteiger partial charge in [0.2, 0.25) is 0 Å². The molecule has 0 fully saturated rings. The van der Waals surface area contributed by atoms with Crippen LogP contribution in [0.1, 0.15) is 12.5 Å². The Morgan fingerprint density at radius 1 is 1.46 bits per heavy atom. The van der Waals surface area contributed by atoms with Gasteiger partial charge in [0, 0.05) is 12.2 Å². The van der Waals surface area contributed by atoms with Crippen molar-refractivity contribution in [3.63, 3.8) is 0 Å². The first kappa shape index (κ1) is 9.67. The van der Waals surface area contributed by atoms with Gasteiger partial charge in [0.15, 0.2) is 0 Å². The van der Waals surface area contributed by atoms with Gasteiger partial charge in [-0.15, -0.1) is 6.42 Å². The summed E-state index contributed by atoms with van der Waals surface area (Å²) in [5, 5.41) is 0. The van der Waals surface area contributed by atoms with Gasteiger partial charge in [-0.2, -0.15) is 0 Å². The minimum Gasteiger partial charge on any atom is -0.361 e. The van der Waals surface area contributed by atoms with Crippen molar-refractivity contribution in [2.45, 2.75) is 13.8 Å². The second kappa shape index (κ2) is 4.57. The predicted molar refractivity (Wildman–Crippen MR) is 57.9 cm³/mol. The third-order valence-corrected chi connectivity index (χ3v) is 2.03. The number of hydrogen-bond acceptors (Lipinski definition) is 1. The van der Waals surface area contributed by atoms with Gasteiger partial charge in [-0.05, 0) is 31.5 Å². The SMILES string of the molecule is C#CCN(CC)c1cccc(C)c1. The Kier molecular flexibility index (Phi) is 3.40. The Morgan fingerprint density at radius 3 is 2.77 bits per heavy atom. The Morgan fingerprint density at radius 2 is 2.23 bits per heavy atom. The van der Waals surface area contributed by atoms with E-state index in [1.165, 1.54) is 11.3 Å². The summed E-state index contributed by atoms with van der Waals surface area (Å²) < 4.78 is 0. The molecule has 0 radical (unpaired) electrons. The van der Waals surface area contributed by atoms with Gasteiger partial charge >= 0.3 is 0 Å². The molecule has 13 heavy (non-hydrogen) atoms. The van der Waals surface area contributed by atoms with Gasteiger partial charge in [-0.25, -0.2) is 0 Å². The highest BCUT2D eigenvalue weighted by Crippen LogP contribution is 2.14. The largest absolute Gasteiger partial charge is 0.361 e. The summed E-state index contributed by atoms with van der Waals surface area (Å²) in [5.74, 6) is 2.66. The number of rotatable bonds is 3. The van der Waals surface area contributed by atoms with Gasteiger partial charge in [0.25, 0.3) is 0 Å². The molecule has 0 amide bonds. The van der Waals surface area contributed by atoms with Gasteiger partial charge in [0.1, 0.15) is 0 Å². The highest BCUT2D eigenvalue weighted by Gasteiger charge is 2.00. The van der Waals surface area contributed by atoms with Crippen molar-refractivity contribution in [1.29, 1.82) is 0 Å². The lowest BCUT2D eigenvalue weighted by atomic mass is 10.2. The normalized spacial score (nSPS) is 9.31. The number of anilines is 1. The van der Waals surface area contributed by atoms with Crippen LogP contribution in [0.2, 0.25) is 0 Å². The van der Waals surface area contributed by atoms with E-state index < -0.39 is 0 Å². The maximum atomic E-state index is 5.29. The van der Waals surface area contributed by atoms with E-state index in [1.54, 1.807) is 0 Å². The molecule has 0 aromatic heterocycles. The first-order chi connectivity index (χ1) is 6.27. The molecule has 0 aliphatic carbocycles. The Hall–Kier alpha value is -1.42. The standard InChI is InChI=1S/C12H15N/c1-4-9-13(5-2)12-8-6-7-11(3)10-12/h1,6-8,10H,5,9H2,2-3H3. The summed E-state index contributed by atoms with van der Waals surface area (Å²) >= 11 is 0. The fourth-order valence-electron chi connectivity index (χ4n) is 1.32. The molecule has 1 rings (SSSR count). The number of terminal acetylenes is 1. The van der Waals surface area contributed by atoms with Crippen LogP contribution >= 0.6 is 0 Å². The zero-order chi connectivity index (χ0) is 9.68. The number of aryl methyl sites for hydroxylation is 1. The topological polar surface area (TPSA) is 3.24 Å². The van der Waals surface area contributed by atoms with E-state index in [4.69, 9.17) is 6.42 Å². The Labute approximate surface area is 80.4 Å². The van der Waals surface area contributed by atoms with Crippen LogP contribution < -0.4 is 4.90 Å². The minimum atomic E-state index is 0.681. The van der Waals surface area contributed by atoms with E-state index in [-0.39, 0.29) is 0 Å². The van der Waals surface area contributed by atoms with Crippen LogP contribution in [0.25, 0.3) is 0 Å². The molecule has 1 nitrogen and oxygen atoms in total. The summed E-state index contributed by atoms with van der Waals surface area (Å²) in [6.07, 6.45) is 5.29. The molecule has 0 heterocycles. The molecule has 0 saturated carbocycles. The van der Waals surface area contributed by atoms with Crippen molar-refractivity contribution < 1.29 is 0 Å². The van der Waals surface area contributed by atoms with E-state index in [1.807, 2.05) is 0 Å². The van der Waals surface area contributed by atoms with Crippen LogP contribution in [0.4, 0.5) is 5.69 Å². The molecule has 0 N–H and O–H groups in total. The second-order valence-corrected chi connectivity index (χ2v) is 3.06. The molecule has 1 heteroatoms. The molecular formula is C12H15N. The fourth-order valence-corrected chi connectivity index (χ4v) is 1.32. The molecule has 1 aromatic carbocycles. The first-order valence-electron chi connectivity index (χ1n) is 4.53. The van der Waals surface area contributed by atoms with E-state index >= 15 is 0 Å². The highest BCUT2D eigenvalue weighted by molar-refractivity contribution is 5.49. The van der Waals surface area contributed by atoms with Crippen molar-refractivity contribution in [3.05, 3.63) is 29.8 Å². The van der Waals surface area contributed by atoms with Crippen LogP contribution in [0.3, 0.4) is 0 Å². The van der Waals surface area contributed by atoms with Gasteiger partial charge in [-0.1, -0.05) is 18.1 Å². The van der Waals surface area contributed by atoms with Crippen LogP contribution in [0.5, 0.6) is 0 Å². The zero-order valence-corrected chi connectivity index (χ0v) is 8.25. The lowest BCUT2D eigenvalue weighted by Gasteiger charge is -2.20. The van der Waals surface area contributed by atoms with Gasteiger partial charge in [-0.3, -0.25) is 0 Å². The molecule has 0 spiro atoms. The summed E-state index contributed by atoms with van der Waals surface area (Å²) in [6.45, 7) is 5.83. The van der Waals surface area contributed by atoms with Crippen LogP contribution in [-0.4, -0.2) is 13.1 Å². The van der Waals surface area contributed by atoms with Crippen molar-refractivity contribution in [2.24, 2.45) is 0 Å². The van der Waals surface area contributed by atoms with Crippen molar-refractivity contribution in [1.82, 2.24) is 0 Å². The second-order valence-electron chi connectivity index (χ2n) is 3.06. The lowest BCUT2D eigenvalue weighted by Crippen LogP contribution is -2.22. The van der Waals surface area contributed by atoms with E-state index in [0.29, 0.717) is 6.54 Å². The Bertz CT molecular complexity index is 309. The molecule has 0 atom stereocenters. The van der Waals surface area contributed by atoms with Crippen molar-refractivity contribution >= 4 is 5.69 Å². The molecule has 0 bridgehead atoms. The lowest BCUT2D eigenvalue weighted by molar-refractivity contribution is 0.917. The van der Waals surface area contributed by atoms with Crippen LogP contribution in [-0.2, 0) is 0 Å². The predicted octanol–water partition coefficient (Wildman–Crippen LogP) is 2.45. The summed E-state index contributed by atoms with van der Waals surface area (Å²) in [7, 11) is 0. The fraction of sp³-hybridized carbons (Fsp3) is 0.333. The van der Waals surface area contributed by atoms with Gasteiger partial charge < -0.3 is 4.90 Å². The highest BCUT2D eigenvalue weighted by atomic mass is 15.1. The third-order valence-electron chi connectivity index (χ3n) is 2.03. The monoisotopic (exact) mass is 173 g/mol.